The fraction of sp³-hybridized carbons (Fsp3) is 0.238. The smallest absolute Gasteiger partial charge is 0.340 e. The Hall–Kier alpha value is -3.12. The third-order valence-electron chi connectivity index (χ3n) is 4.48. The molecule has 6 nitrogen and oxygen atoms in total. The number of hydrogen-bond donors (Lipinski definition) is 0. The Labute approximate surface area is 156 Å². The molecule has 2 aliphatic rings. The molecule has 2 aromatic rings. The molecular weight excluding hydrogens is 348 g/mol. The molecule has 2 aliphatic heterocycles. The molecule has 27 heavy (non-hydrogen) atoms. The van der Waals surface area contributed by atoms with Crippen LogP contribution >= 0.6 is 0 Å². The van der Waals surface area contributed by atoms with Gasteiger partial charge in [-0.3, -0.25) is 4.79 Å². The van der Waals surface area contributed by atoms with Gasteiger partial charge in [-0.1, -0.05) is 18.2 Å². The maximum absolute atomic E-state index is 12.6. The summed E-state index contributed by atoms with van der Waals surface area (Å²) in [6, 6.07) is 12.1. The van der Waals surface area contributed by atoms with Gasteiger partial charge in [0.25, 0.3) is 0 Å². The molecule has 4 rings (SSSR count). The van der Waals surface area contributed by atoms with Crippen molar-refractivity contribution in [2.75, 3.05) is 13.7 Å². The SMILES string of the molecule is COc1ccccc1/C=C1\Oc2cc(OC(=O)C3CCCO3)ccc2C1=O. The van der Waals surface area contributed by atoms with Crippen molar-refractivity contribution in [3.8, 4) is 17.2 Å². The first kappa shape index (κ1) is 17.3. The molecule has 1 atom stereocenters. The Morgan fingerprint density at radius 3 is 2.85 bits per heavy atom. The van der Waals surface area contributed by atoms with Crippen LogP contribution in [-0.2, 0) is 9.53 Å². The van der Waals surface area contributed by atoms with Crippen molar-refractivity contribution >= 4 is 17.8 Å². The zero-order valence-electron chi connectivity index (χ0n) is 14.8. The highest BCUT2D eigenvalue weighted by molar-refractivity contribution is 6.14. The molecule has 6 heteroatoms. The van der Waals surface area contributed by atoms with Crippen molar-refractivity contribution in [2.45, 2.75) is 18.9 Å². The second-order valence-corrected chi connectivity index (χ2v) is 6.26. The first-order valence-corrected chi connectivity index (χ1v) is 8.70. The van der Waals surface area contributed by atoms with E-state index in [1.54, 1.807) is 31.4 Å². The predicted octanol–water partition coefficient (Wildman–Crippen LogP) is 3.40. The zero-order chi connectivity index (χ0) is 18.8. The van der Waals surface area contributed by atoms with Gasteiger partial charge >= 0.3 is 5.97 Å². The average molecular weight is 366 g/mol. The fourth-order valence-corrected chi connectivity index (χ4v) is 3.10. The van der Waals surface area contributed by atoms with E-state index in [1.165, 1.54) is 0 Å². The molecule has 1 fully saturated rings. The van der Waals surface area contributed by atoms with E-state index >= 15 is 0 Å². The van der Waals surface area contributed by atoms with Crippen LogP contribution in [0.25, 0.3) is 6.08 Å². The number of benzene rings is 2. The monoisotopic (exact) mass is 366 g/mol. The summed E-state index contributed by atoms with van der Waals surface area (Å²) >= 11 is 0. The molecule has 0 aromatic heterocycles. The van der Waals surface area contributed by atoms with Gasteiger partial charge in [-0.05, 0) is 37.1 Å². The number of hydrogen-bond acceptors (Lipinski definition) is 6. The molecule has 0 spiro atoms. The van der Waals surface area contributed by atoms with E-state index in [0.717, 1.165) is 12.0 Å². The lowest BCUT2D eigenvalue weighted by atomic mass is 10.1. The van der Waals surface area contributed by atoms with Crippen molar-refractivity contribution in [3.63, 3.8) is 0 Å². The van der Waals surface area contributed by atoms with Crippen LogP contribution < -0.4 is 14.2 Å². The number of ether oxygens (including phenoxy) is 4. The number of fused-ring (bicyclic) bond motifs is 1. The van der Waals surface area contributed by atoms with E-state index in [-0.39, 0.29) is 11.5 Å². The maximum atomic E-state index is 12.6. The molecule has 2 heterocycles. The number of ketones is 1. The van der Waals surface area contributed by atoms with Crippen molar-refractivity contribution < 1.29 is 28.5 Å². The van der Waals surface area contributed by atoms with Gasteiger partial charge in [0.15, 0.2) is 11.9 Å². The highest BCUT2D eigenvalue weighted by Crippen LogP contribution is 2.36. The number of methoxy groups -OCH3 is 1. The normalized spacial score (nSPS) is 19.7. The van der Waals surface area contributed by atoms with Crippen molar-refractivity contribution in [2.24, 2.45) is 0 Å². The van der Waals surface area contributed by atoms with Gasteiger partial charge in [-0.2, -0.15) is 0 Å². The number of carbonyl (C=O) groups excluding carboxylic acids is 2. The molecule has 2 aromatic carbocycles. The van der Waals surface area contributed by atoms with Crippen LogP contribution in [-0.4, -0.2) is 31.6 Å². The minimum atomic E-state index is -0.526. The highest BCUT2D eigenvalue weighted by Gasteiger charge is 2.30. The number of esters is 1. The van der Waals surface area contributed by atoms with Gasteiger partial charge in [0.05, 0.1) is 12.7 Å². The topological polar surface area (TPSA) is 71.1 Å². The number of carbonyl (C=O) groups is 2. The van der Waals surface area contributed by atoms with E-state index in [1.807, 2.05) is 24.3 Å². The standard InChI is InChI=1S/C21H18O6/c1-24-16-6-3-2-5-13(16)11-19-20(22)15-9-8-14(12-18(15)27-19)26-21(23)17-7-4-10-25-17/h2-3,5-6,8-9,11-12,17H,4,7,10H2,1H3/b19-11-. The van der Waals surface area contributed by atoms with Gasteiger partial charge in [0.1, 0.15) is 17.2 Å². The van der Waals surface area contributed by atoms with Crippen molar-refractivity contribution in [1.82, 2.24) is 0 Å². The minimum Gasteiger partial charge on any atom is -0.496 e. The fourth-order valence-electron chi connectivity index (χ4n) is 3.10. The minimum absolute atomic E-state index is 0.192. The summed E-state index contributed by atoms with van der Waals surface area (Å²) in [5, 5.41) is 0. The van der Waals surface area contributed by atoms with Gasteiger partial charge in [0, 0.05) is 18.2 Å². The van der Waals surface area contributed by atoms with Crippen molar-refractivity contribution in [1.29, 1.82) is 0 Å². The molecule has 1 unspecified atom stereocenters. The third-order valence-corrected chi connectivity index (χ3v) is 4.48. The maximum Gasteiger partial charge on any atom is 0.340 e. The largest absolute Gasteiger partial charge is 0.496 e. The summed E-state index contributed by atoms with van der Waals surface area (Å²) in [5.74, 6) is 0.856. The quantitative estimate of drug-likeness (QED) is 0.469. The van der Waals surface area contributed by atoms with Gasteiger partial charge in [-0.25, -0.2) is 4.79 Å². The predicted molar refractivity (Wildman–Crippen MR) is 97.0 cm³/mol. The van der Waals surface area contributed by atoms with E-state index in [9.17, 15) is 9.59 Å². The van der Waals surface area contributed by atoms with Crippen LogP contribution in [0.2, 0.25) is 0 Å². The molecule has 0 amide bonds. The van der Waals surface area contributed by atoms with Crippen LogP contribution in [0.15, 0.2) is 48.2 Å². The lowest BCUT2D eigenvalue weighted by Crippen LogP contribution is -2.24. The van der Waals surface area contributed by atoms with E-state index in [2.05, 4.69) is 0 Å². The van der Waals surface area contributed by atoms with Gasteiger partial charge < -0.3 is 18.9 Å². The van der Waals surface area contributed by atoms with Gasteiger partial charge in [0.2, 0.25) is 5.78 Å². The van der Waals surface area contributed by atoms with E-state index in [4.69, 9.17) is 18.9 Å². The molecule has 1 saturated heterocycles. The molecule has 0 aliphatic carbocycles. The lowest BCUT2D eigenvalue weighted by Gasteiger charge is -2.09. The Morgan fingerprint density at radius 2 is 2.07 bits per heavy atom. The summed E-state index contributed by atoms with van der Waals surface area (Å²) in [7, 11) is 1.57. The molecule has 0 N–H and O–H groups in total. The lowest BCUT2D eigenvalue weighted by molar-refractivity contribution is -0.144. The first-order valence-electron chi connectivity index (χ1n) is 8.70. The van der Waals surface area contributed by atoms with Crippen LogP contribution in [0.1, 0.15) is 28.8 Å². The van der Waals surface area contributed by atoms with Crippen molar-refractivity contribution in [3.05, 3.63) is 59.4 Å². The summed E-state index contributed by atoms with van der Waals surface area (Å²) < 4.78 is 21.7. The Kier molecular flexibility index (Phi) is 4.64. The van der Waals surface area contributed by atoms with Crippen LogP contribution in [0.5, 0.6) is 17.2 Å². The second kappa shape index (κ2) is 7.25. The molecule has 138 valence electrons. The molecule has 0 radical (unpaired) electrons. The van der Waals surface area contributed by atoms with Crippen LogP contribution in [0.4, 0.5) is 0 Å². The average Bonchev–Trinajstić information content (AvgIpc) is 3.31. The summed E-state index contributed by atoms with van der Waals surface area (Å²) in [6.45, 7) is 0.568. The molecule has 0 bridgehead atoms. The van der Waals surface area contributed by atoms with Crippen LogP contribution in [0.3, 0.4) is 0 Å². The number of allylic oxidation sites excluding steroid dienone is 1. The third kappa shape index (κ3) is 3.44. The Bertz CT molecular complexity index is 924. The summed E-state index contributed by atoms with van der Waals surface area (Å²) in [4.78, 5) is 24.7. The van der Waals surface area contributed by atoms with E-state index < -0.39 is 12.1 Å². The first-order chi connectivity index (χ1) is 13.2. The summed E-state index contributed by atoms with van der Waals surface area (Å²) in [5.41, 5.74) is 1.16. The molecule has 0 saturated carbocycles. The van der Waals surface area contributed by atoms with Crippen LogP contribution in [0, 0.1) is 0 Å². The van der Waals surface area contributed by atoms with Gasteiger partial charge in [-0.15, -0.1) is 0 Å². The summed E-state index contributed by atoms with van der Waals surface area (Å²) in [6.07, 6.45) is 2.62. The zero-order valence-corrected chi connectivity index (χ0v) is 14.8. The molecular formula is C21H18O6. The van der Waals surface area contributed by atoms with E-state index in [0.29, 0.717) is 35.8 Å². The Morgan fingerprint density at radius 1 is 1.22 bits per heavy atom. The number of Topliss-reactive ketones (excluding diaryl/α,β-unsaturated/α-hetero) is 1. The number of rotatable bonds is 4. The second-order valence-electron chi connectivity index (χ2n) is 6.26. The Balaban J connectivity index is 1.55. The number of para-hydroxylation sites is 1. The highest BCUT2D eigenvalue weighted by atomic mass is 16.6.